The van der Waals surface area contributed by atoms with E-state index in [-0.39, 0.29) is 12.2 Å². The summed E-state index contributed by atoms with van der Waals surface area (Å²) in [4.78, 5) is 34.4. The first-order chi connectivity index (χ1) is 7.81. The highest BCUT2D eigenvalue weighted by atomic mass is 16.5. The van der Waals surface area contributed by atoms with Crippen LogP contribution in [0.5, 0.6) is 0 Å². The number of hydrogen-bond donors (Lipinski definition) is 0. The summed E-state index contributed by atoms with van der Waals surface area (Å²) in [6.45, 7) is 4.49. The van der Waals surface area contributed by atoms with E-state index in [2.05, 4.69) is 4.74 Å². The number of esters is 2. The monoisotopic (exact) mass is 240 g/mol. The van der Waals surface area contributed by atoms with Crippen LogP contribution in [0.2, 0.25) is 0 Å². The van der Waals surface area contributed by atoms with Gasteiger partial charge in [-0.1, -0.05) is 0 Å². The summed E-state index contributed by atoms with van der Waals surface area (Å²) in [5.74, 6) is -1.36. The van der Waals surface area contributed by atoms with E-state index in [0.29, 0.717) is 5.57 Å². The SMILES string of the molecule is COC(=O)[C@@]1(C)C[C@H](OC(C)=O)C(C)=CC1=O. The van der Waals surface area contributed by atoms with Crippen LogP contribution in [-0.2, 0) is 23.9 Å². The number of carbonyl (C=O) groups is 3. The summed E-state index contributed by atoms with van der Waals surface area (Å²) in [6, 6.07) is 0. The minimum atomic E-state index is -1.27. The molecule has 1 aliphatic rings. The van der Waals surface area contributed by atoms with Gasteiger partial charge in [0.25, 0.3) is 0 Å². The maximum atomic E-state index is 11.8. The average Bonchev–Trinajstić information content (AvgIpc) is 2.24. The van der Waals surface area contributed by atoms with Gasteiger partial charge in [0, 0.05) is 13.3 Å². The van der Waals surface area contributed by atoms with Crippen molar-refractivity contribution in [1.29, 1.82) is 0 Å². The molecule has 17 heavy (non-hydrogen) atoms. The molecule has 0 bridgehead atoms. The molecule has 0 unspecified atom stereocenters. The van der Waals surface area contributed by atoms with Gasteiger partial charge in [-0.3, -0.25) is 14.4 Å². The van der Waals surface area contributed by atoms with E-state index in [1.807, 2.05) is 0 Å². The molecule has 5 nitrogen and oxygen atoms in total. The van der Waals surface area contributed by atoms with Gasteiger partial charge in [-0.25, -0.2) is 0 Å². The normalized spacial score (nSPS) is 28.4. The number of ketones is 1. The quantitative estimate of drug-likeness (QED) is 0.532. The van der Waals surface area contributed by atoms with Crippen molar-refractivity contribution in [3.63, 3.8) is 0 Å². The Balaban J connectivity index is 3.03. The summed E-state index contributed by atoms with van der Waals surface area (Å²) < 4.78 is 9.70. The molecular formula is C12H16O5. The van der Waals surface area contributed by atoms with Crippen molar-refractivity contribution in [1.82, 2.24) is 0 Å². The minimum absolute atomic E-state index is 0.125. The average molecular weight is 240 g/mol. The Hall–Kier alpha value is -1.65. The van der Waals surface area contributed by atoms with Gasteiger partial charge in [-0.05, 0) is 25.5 Å². The van der Waals surface area contributed by atoms with Gasteiger partial charge in [-0.2, -0.15) is 0 Å². The fourth-order valence-corrected chi connectivity index (χ4v) is 1.84. The maximum Gasteiger partial charge on any atom is 0.319 e. The van der Waals surface area contributed by atoms with E-state index in [9.17, 15) is 14.4 Å². The van der Waals surface area contributed by atoms with Gasteiger partial charge in [0.1, 0.15) is 11.5 Å². The Morgan fingerprint density at radius 2 is 2.06 bits per heavy atom. The Morgan fingerprint density at radius 3 is 2.53 bits per heavy atom. The minimum Gasteiger partial charge on any atom is -0.468 e. The van der Waals surface area contributed by atoms with E-state index in [4.69, 9.17) is 4.74 Å². The molecular weight excluding hydrogens is 224 g/mol. The van der Waals surface area contributed by atoms with Gasteiger partial charge < -0.3 is 9.47 Å². The van der Waals surface area contributed by atoms with E-state index < -0.39 is 23.5 Å². The van der Waals surface area contributed by atoms with Gasteiger partial charge in [-0.15, -0.1) is 0 Å². The number of methoxy groups -OCH3 is 1. The summed E-state index contributed by atoms with van der Waals surface area (Å²) in [5.41, 5.74) is -0.624. The first-order valence-electron chi connectivity index (χ1n) is 5.29. The Labute approximate surface area is 99.8 Å². The lowest BCUT2D eigenvalue weighted by Crippen LogP contribution is -2.44. The van der Waals surface area contributed by atoms with Crippen molar-refractivity contribution in [3.05, 3.63) is 11.6 Å². The van der Waals surface area contributed by atoms with E-state index >= 15 is 0 Å². The molecule has 1 aliphatic carbocycles. The first kappa shape index (κ1) is 13.4. The zero-order valence-corrected chi connectivity index (χ0v) is 10.4. The first-order valence-corrected chi connectivity index (χ1v) is 5.29. The van der Waals surface area contributed by atoms with E-state index in [1.165, 1.54) is 27.0 Å². The van der Waals surface area contributed by atoms with Crippen LogP contribution in [0.15, 0.2) is 11.6 Å². The predicted molar refractivity (Wildman–Crippen MR) is 59.1 cm³/mol. The molecule has 5 heteroatoms. The lowest BCUT2D eigenvalue weighted by atomic mass is 9.74. The van der Waals surface area contributed by atoms with Crippen LogP contribution in [0.4, 0.5) is 0 Å². The molecule has 0 saturated heterocycles. The van der Waals surface area contributed by atoms with E-state index in [0.717, 1.165) is 0 Å². The zero-order valence-electron chi connectivity index (χ0n) is 10.4. The summed E-state index contributed by atoms with van der Waals surface area (Å²) in [5, 5.41) is 0. The van der Waals surface area contributed by atoms with Crippen molar-refractivity contribution in [2.24, 2.45) is 5.41 Å². The van der Waals surface area contributed by atoms with Gasteiger partial charge in [0.05, 0.1) is 7.11 Å². The number of ether oxygens (including phenoxy) is 2. The summed E-state index contributed by atoms with van der Waals surface area (Å²) in [6.07, 6.45) is 0.920. The standard InChI is InChI=1S/C12H16O5/c1-7-5-10(14)12(3,11(15)16-4)6-9(7)17-8(2)13/h5,9H,6H2,1-4H3/t9-,12-/m0/s1. The smallest absolute Gasteiger partial charge is 0.319 e. The Morgan fingerprint density at radius 1 is 1.47 bits per heavy atom. The molecule has 0 N–H and O–H groups in total. The predicted octanol–water partition coefficient (Wildman–Crippen LogP) is 1.02. The lowest BCUT2D eigenvalue weighted by molar-refractivity contribution is -0.161. The number of hydrogen-bond acceptors (Lipinski definition) is 5. The van der Waals surface area contributed by atoms with Crippen molar-refractivity contribution >= 4 is 17.7 Å². The third-order valence-corrected chi connectivity index (χ3v) is 2.95. The van der Waals surface area contributed by atoms with Crippen molar-refractivity contribution in [3.8, 4) is 0 Å². The maximum absolute atomic E-state index is 11.8. The molecule has 0 fully saturated rings. The molecule has 0 aliphatic heterocycles. The lowest BCUT2D eigenvalue weighted by Gasteiger charge is -2.32. The van der Waals surface area contributed by atoms with Gasteiger partial charge in [0.15, 0.2) is 5.78 Å². The highest BCUT2D eigenvalue weighted by molar-refractivity contribution is 6.10. The van der Waals surface area contributed by atoms with Crippen molar-refractivity contribution in [2.45, 2.75) is 33.3 Å². The largest absolute Gasteiger partial charge is 0.468 e. The number of carbonyl (C=O) groups excluding carboxylic acids is 3. The second-order valence-corrected chi connectivity index (χ2v) is 4.38. The van der Waals surface area contributed by atoms with Crippen LogP contribution in [-0.4, -0.2) is 30.9 Å². The summed E-state index contributed by atoms with van der Waals surface area (Å²) >= 11 is 0. The van der Waals surface area contributed by atoms with Crippen LogP contribution in [0.1, 0.15) is 27.2 Å². The topological polar surface area (TPSA) is 69.7 Å². The third kappa shape index (κ3) is 2.54. The fourth-order valence-electron chi connectivity index (χ4n) is 1.84. The van der Waals surface area contributed by atoms with Crippen LogP contribution < -0.4 is 0 Å². The molecule has 2 atom stereocenters. The van der Waals surface area contributed by atoms with Crippen LogP contribution >= 0.6 is 0 Å². The molecule has 0 aromatic carbocycles. The van der Waals surface area contributed by atoms with Crippen LogP contribution in [0.25, 0.3) is 0 Å². The highest BCUT2D eigenvalue weighted by Crippen LogP contribution is 2.35. The molecule has 0 aromatic rings. The Bertz CT molecular complexity index is 396. The van der Waals surface area contributed by atoms with E-state index in [1.54, 1.807) is 6.92 Å². The number of allylic oxidation sites excluding steroid dienone is 1. The molecule has 94 valence electrons. The summed E-state index contributed by atoms with van der Waals surface area (Å²) in [7, 11) is 1.23. The molecule has 0 radical (unpaired) electrons. The molecule has 0 spiro atoms. The number of rotatable bonds is 2. The molecule has 0 aromatic heterocycles. The molecule has 0 heterocycles. The zero-order chi connectivity index (χ0) is 13.2. The second-order valence-electron chi connectivity index (χ2n) is 4.38. The molecule has 1 rings (SSSR count). The van der Waals surface area contributed by atoms with Crippen molar-refractivity contribution < 1.29 is 23.9 Å². The van der Waals surface area contributed by atoms with Crippen LogP contribution in [0, 0.1) is 5.41 Å². The molecule has 0 amide bonds. The third-order valence-electron chi connectivity index (χ3n) is 2.95. The van der Waals surface area contributed by atoms with Gasteiger partial charge in [0.2, 0.25) is 0 Å². The molecule has 0 saturated carbocycles. The van der Waals surface area contributed by atoms with Gasteiger partial charge >= 0.3 is 11.9 Å². The second kappa shape index (κ2) is 4.69. The highest BCUT2D eigenvalue weighted by Gasteiger charge is 2.46. The van der Waals surface area contributed by atoms with Crippen LogP contribution in [0.3, 0.4) is 0 Å². The fraction of sp³-hybridized carbons (Fsp3) is 0.583. The van der Waals surface area contributed by atoms with Crippen molar-refractivity contribution in [2.75, 3.05) is 7.11 Å². The Kier molecular flexibility index (Phi) is 3.70.